The van der Waals surface area contributed by atoms with Crippen molar-refractivity contribution in [2.45, 2.75) is 12.8 Å². The van der Waals surface area contributed by atoms with Crippen molar-refractivity contribution in [3.8, 4) is 5.75 Å². The molecule has 0 bridgehead atoms. The molecule has 1 aromatic rings. The van der Waals surface area contributed by atoms with E-state index in [1.165, 1.54) is 0 Å². The summed E-state index contributed by atoms with van der Waals surface area (Å²) in [4.78, 5) is 28.0. The largest absolute Gasteiger partial charge is 0.497 e. The molecule has 1 aliphatic rings. The molecule has 128 valence electrons. The number of piperazine rings is 1. The number of rotatable bonds is 5. The first kappa shape index (κ1) is 19.3. The maximum absolute atomic E-state index is 12.5. The maximum atomic E-state index is 12.5. The van der Waals surface area contributed by atoms with Crippen LogP contribution in [0.2, 0.25) is 0 Å². The first-order valence-corrected chi connectivity index (χ1v) is 7.57. The summed E-state index contributed by atoms with van der Waals surface area (Å²) in [6.07, 6.45) is 1.20. The van der Waals surface area contributed by atoms with Crippen molar-refractivity contribution in [3.05, 3.63) is 29.8 Å². The number of hydrogen-bond donors (Lipinski definition) is 1. The van der Waals surface area contributed by atoms with E-state index in [4.69, 9.17) is 10.5 Å². The molecule has 0 atom stereocenters. The minimum absolute atomic E-state index is 0. The Hall–Kier alpha value is -1.79. The minimum Gasteiger partial charge on any atom is -0.497 e. The second kappa shape index (κ2) is 9.37. The average Bonchev–Trinajstić information content (AvgIpc) is 2.59. The van der Waals surface area contributed by atoms with Crippen molar-refractivity contribution in [3.63, 3.8) is 0 Å². The second-order valence-electron chi connectivity index (χ2n) is 5.30. The Morgan fingerprint density at radius 1 is 1.17 bits per heavy atom. The van der Waals surface area contributed by atoms with Gasteiger partial charge in [0.1, 0.15) is 5.75 Å². The highest BCUT2D eigenvalue weighted by Gasteiger charge is 2.24. The van der Waals surface area contributed by atoms with Crippen LogP contribution in [0.5, 0.6) is 5.75 Å². The van der Waals surface area contributed by atoms with Crippen LogP contribution in [0, 0.1) is 0 Å². The number of nitrogens with zero attached hydrogens (tertiary/aromatic N) is 2. The highest BCUT2D eigenvalue weighted by molar-refractivity contribution is 5.94. The molecule has 0 unspecified atom stereocenters. The number of benzene rings is 1. The van der Waals surface area contributed by atoms with Gasteiger partial charge in [-0.25, -0.2) is 0 Å². The fourth-order valence-electron chi connectivity index (χ4n) is 2.51. The summed E-state index contributed by atoms with van der Waals surface area (Å²) in [6.45, 7) is 2.81. The van der Waals surface area contributed by atoms with Crippen molar-refractivity contribution in [1.29, 1.82) is 0 Å². The van der Waals surface area contributed by atoms with Gasteiger partial charge in [0, 0.05) is 38.2 Å². The Labute approximate surface area is 143 Å². The summed E-state index contributed by atoms with van der Waals surface area (Å²) in [5.41, 5.74) is 6.04. The van der Waals surface area contributed by atoms with Crippen LogP contribution in [0.3, 0.4) is 0 Å². The van der Waals surface area contributed by atoms with E-state index in [0.717, 1.165) is 0 Å². The number of methoxy groups -OCH3 is 1. The van der Waals surface area contributed by atoms with Gasteiger partial charge in [0.2, 0.25) is 5.91 Å². The molecule has 1 aliphatic heterocycles. The van der Waals surface area contributed by atoms with Gasteiger partial charge >= 0.3 is 0 Å². The number of halogens is 1. The molecular weight excluding hydrogens is 318 g/mol. The molecule has 23 heavy (non-hydrogen) atoms. The van der Waals surface area contributed by atoms with E-state index < -0.39 is 0 Å². The molecule has 0 saturated carbocycles. The summed E-state index contributed by atoms with van der Waals surface area (Å²) < 4.78 is 5.14. The average molecular weight is 342 g/mol. The lowest BCUT2D eigenvalue weighted by Crippen LogP contribution is -2.50. The third-order valence-electron chi connectivity index (χ3n) is 3.83. The zero-order valence-corrected chi connectivity index (χ0v) is 14.2. The zero-order chi connectivity index (χ0) is 15.9. The third-order valence-corrected chi connectivity index (χ3v) is 3.83. The molecule has 1 aromatic carbocycles. The molecule has 2 rings (SSSR count). The van der Waals surface area contributed by atoms with Gasteiger partial charge < -0.3 is 20.3 Å². The van der Waals surface area contributed by atoms with Gasteiger partial charge in [0.25, 0.3) is 5.91 Å². The molecule has 0 aromatic heterocycles. The summed E-state index contributed by atoms with van der Waals surface area (Å²) in [6, 6.07) is 7.13. The van der Waals surface area contributed by atoms with Crippen LogP contribution in [0.1, 0.15) is 23.2 Å². The Kier molecular flexibility index (Phi) is 7.85. The molecule has 6 nitrogen and oxygen atoms in total. The van der Waals surface area contributed by atoms with Gasteiger partial charge in [0.05, 0.1) is 7.11 Å². The number of nitrogens with two attached hydrogens (primary N) is 1. The summed E-state index contributed by atoms with van der Waals surface area (Å²) in [5, 5.41) is 0. The highest BCUT2D eigenvalue weighted by atomic mass is 35.5. The quantitative estimate of drug-likeness (QED) is 0.871. The van der Waals surface area contributed by atoms with Crippen molar-refractivity contribution in [2.24, 2.45) is 5.73 Å². The maximum Gasteiger partial charge on any atom is 0.254 e. The predicted octanol–water partition coefficient (Wildman–Crippen LogP) is 1.14. The van der Waals surface area contributed by atoms with Crippen LogP contribution >= 0.6 is 12.4 Å². The van der Waals surface area contributed by atoms with E-state index in [1.807, 2.05) is 11.0 Å². The SMILES string of the molecule is COc1cccc(C(=O)N2CCN(C(=O)CCCN)CC2)c1.Cl. The number of carbonyl (C=O) groups is 2. The zero-order valence-electron chi connectivity index (χ0n) is 13.4. The lowest BCUT2D eigenvalue weighted by atomic mass is 10.1. The highest BCUT2D eigenvalue weighted by Crippen LogP contribution is 2.15. The van der Waals surface area contributed by atoms with E-state index >= 15 is 0 Å². The normalized spacial score (nSPS) is 14.2. The Balaban J connectivity index is 0.00000264. The molecule has 0 spiro atoms. The topological polar surface area (TPSA) is 75.9 Å². The number of hydrogen-bond acceptors (Lipinski definition) is 4. The van der Waals surface area contributed by atoms with Crippen LogP contribution in [0.25, 0.3) is 0 Å². The van der Waals surface area contributed by atoms with Gasteiger partial charge in [0.15, 0.2) is 0 Å². The van der Waals surface area contributed by atoms with Crippen molar-refractivity contribution in [1.82, 2.24) is 9.80 Å². The first-order chi connectivity index (χ1) is 10.7. The Morgan fingerprint density at radius 2 is 1.83 bits per heavy atom. The fourth-order valence-corrected chi connectivity index (χ4v) is 2.51. The molecule has 0 aliphatic carbocycles. The van der Waals surface area contributed by atoms with Crippen LogP contribution in [0.4, 0.5) is 0 Å². The molecule has 1 saturated heterocycles. The van der Waals surface area contributed by atoms with Crippen LogP contribution in [-0.2, 0) is 4.79 Å². The second-order valence-corrected chi connectivity index (χ2v) is 5.30. The van der Waals surface area contributed by atoms with Gasteiger partial charge in [-0.3, -0.25) is 9.59 Å². The monoisotopic (exact) mass is 341 g/mol. The summed E-state index contributed by atoms with van der Waals surface area (Å²) in [5.74, 6) is 0.772. The molecule has 2 N–H and O–H groups in total. The van der Waals surface area contributed by atoms with E-state index in [9.17, 15) is 9.59 Å². The molecule has 0 radical (unpaired) electrons. The summed E-state index contributed by atoms with van der Waals surface area (Å²) >= 11 is 0. The van der Waals surface area contributed by atoms with E-state index in [2.05, 4.69) is 0 Å². The van der Waals surface area contributed by atoms with Crippen molar-refractivity contribution in [2.75, 3.05) is 39.8 Å². The Bertz CT molecular complexity index is 531. The standard InChI is InChI=1S/C16H23N3O3.ClH/c1-22-14-5-2-4-13(12-14)16(21)19-10-8-18(9-11-19)15(20)6-3-7-17;/h2,4-5,12H,3,6-11,17H2,1H3;1H. The van der Waals surface area contributed by atoms with E-state index in [-0.39, 0.29) is 24.2 Å². The predicted molar refractivity (Wildman–Crippen MR) is 91.0 cm³/mol. The third kappa shape index (κ3) is 5.11. The number of ether oxygens (including phenoxy) is 1. The molecular formula is C16H24ClN3O3. The van der Waals surface area contributed by atoms with Gasteiger partial charge in [-0.15, -0.1) is 12.4 Å². The Morgan fingerprint density at radius 3 is 2.43 bits per heavy atom. The summed E-state index contributed by atoms with van der Waals surface area (Å²) in [7, 11) is 1.58. The van der Waals surface area contributed by atoms with Crippen LogP contribution < -0.4 is 10.5 Å². The number of amides is 2. The lowest BCUT2D eigenvalue weighted by molar-refractivity contribution is -0.132. The van der Waals surface area contributed by atoms with Gasteiger partial charge in [-0.1, -0.05) is 6.07 Å². The molecule has 2 amide bonds. The smallest absolute Gasteiger partial charge is 0.254 e. The van der Waals surface area contributed by atoms with E-state index in [1.54, 1.807) is 30.2 Å². The van der Waals surface area contributed by atoms with Gasteiger partial charge in [-0.05, 0) is 31.2 Å². The van der Waals surface area contributed by atoms with Crippen molar-refractivity contribution >= 4 is 24.2 Å². The van der Waals surface area contributed by atoms with Gasteiger partial charge in [-0.2, -0.15) is 0 Å². The lowest BCUT2D eigenvalue weighted by Gasteiger charge is -2.35. The van der Waals surface area contributed by atoms with Crippen LogP contribution in [0.15, 0.2) is 24.3 Å². The van der Waals surface area contributed by atoms with Crippen LogP contribution in [-0.4, -0.2) is 61.4 Å². The minimum atomic E-state index is -0.0204. The molecule has 7 heteroatoms. The molecule has 1 heterocycles. The molecule has 1 fully saturated rings. The first-order valence-electron chi connectivity index (χ1n) is 7.57. The number of carbonyl (C=O) groups excluding carboxylic acids is 2. The van der Waals surface area contributed by atoms with Crippen molar-refractivity contribution < 1.29 is 14.3 Å². The fraction of sp³-hybridized carbons (Fsp3) is 0.500. The van der Waals surface area contributed by atoms with E-state index in [0.29, 0.717) is 56.9 Å².